The van der Waals surface area contributed by atoms with E-state index in [1.54, 1.807) is 0 Å². The topological polar surface area (TPSA) is 110 Å². The van der Waals surface area contributed by atoms with Gasteiger partial charge < -0.3 is 10.2 Å². The van der Waals surface area contributed by atoms with Crippen LogP contribution in [0.25, 0.3) is 0 Å². The molecule has 1 aliphatic heterocycles. The highest BCUT2D eigenvalue weighted by atomic mass is 35.5. The van der Waals surface area contributed by atoms with Crippen LogP contribution >= 0.6 is 23.2 Å². The maximum absolute atomic E-state index is 15.3. The van der Waals surface area contributed by atoms with Gasteiger partial charge in [0.05, 0.1) is 16.7 Å². The van der Waals surface area contributed by atoms with E-state index in [-0.39, 0.29) is 22.6 Å². The van der Waals surface area contributed by atoms with Crippen LogP contribution in [0.5, 0.6) is 0 Å². The molecule has 3 N–H and O–H groups in total. The first kappa shape index (κ1) is 34.1. The predicted molar refractivity (Wildman–Crippen MR) is 134 cm³/mol. The van der Waals surface area contributed by atoms with E-state index in [9.17, 15) is 41.5 Å². The number of carboxylic acid groups (broad SMARTS) is 2. The van der Waals surface area contributed by atoms with Crippen molar-refractivity contribution in [1.29, 1.82) is 5.26 Å². The van der Waals surface area contributed by atoms with Gasteiger partial charge in [-0.1, -0.05) is 56.1 Å². The minimum Gasteiger partial charge on any atom is -0.480 e. The summed E-state index contributed by atoms with van der Waals surface area (Å²) in [4.78, 5) is 21.2. The summed E-state index contributed by atoms with van der Waals surface area (Å²) >= 11 is 11.8. The molecular weight excluding hydrogens is 608 g/mol. The number of nitrogens with one attached hydrogen (secondary N) is 1. The van der Waals surface area contributed by atoms with Crippen molar-refractivity contribution in [2.24, 2.45) is 5.41 Å². The van der Waals surface area contributed by atoms with Gasteiger partial charge in [-0.05, 0) is 41.7 Å². The van der Waals surface area contributed by atoms with Crippen LogP contribution in [0, 0.1) is 22.6 Å². The van der Waals surface area contributed by atoms with E-state index in [2.05, 4.69) is 11.4 Å². The molecule has 0 radical (unpaired) electrons. The van der Waals surface area contributed by atoms with Gasteiger partial charge in [-0.15, -0.1) is 0 Å². The minimum atomic E-state index is -5.08. The minimum absolute atomic E-state index is 0.0743. The molecule has 0 spiro atoms. The molecule has 1 saturated heterocycles. The largest absolute Gasteiger partial charge is 0.490 e. The predicted octanol–water partition coefficient (Wildman–Crippen LogP) is 7.19. The second-order valence-corrected chi connectivity index (χ2v) is 11.3. The van der Waals surface area contributed by atoms with Crippen molar-refractivity contribution in [3.8, 4) is 6.07 Å². The molecule has 224 valence electrons. The Morgan fingerprint density at radius 2 is 1.59 bits per heavy atom. The number of carbonyl (C=O) groups is 2. The Hall–Kier alpha value is -3.08. The summed E-state index contributed by atoms with van der Waals surface area (Å²) in [6.45, 7) is 5.65. The third kappa shape index (κ3) is 7.61. The van der Waals surface area contributed by atoms with Gasteiger partial charge in [0.15, 0.2) is 0 Å². The first-order valence-corrected chi connectivity index (χ1v) is 12.3. The molecule has 3 rings (SSSR count). The Kier molecular flexibility index (Phi) is 10.0. The number of rotatable bonds is 4. The van der Waals surface area contributed by atoms with Crippen LogP contribution < -0.4 is 5.32 Å². The molecular formula is C26H23Cl2F7N2O4. The second kappa shape index (κ2) is 12.0. The molecule has 4 atom stereocenters. The average molecular weight is 631 g/mol. The highest BCUT2D eigenvalue weighted by Gasteiger charge is 2.60. The van der Waals surface area contributed by atoms with E-state index in [1.807, 2.05) is 20.8 Å². The van der Waals surface area contributed by atoms with Crippen LogP contribution in [0.15, 0.2) is 36.4 Å². The lowest BCUT2D eigenvalue weighted by atomic mass is 9.63. The van der Waals surface area contributed by atoms with Gasteiger partial charge in [0.1, 0.15) is 17.3 Å². The van der Waals surface area contributed by atoms with E-state index in [0.717, 1.165) is 24.3 Å². The molecule has 0 aliphatic carbocycles. The first-order valence-electron chi connectivity index (χ1n) is 11.6. The number of hydrogen-bond acceptors (Lipinski definition) is 4. The van der Waals surface area contributed by atoms with Crippen LogP contribution in [0.3, 0.4) is 0 Å². The summed E-state index contributed by atoms with van der Waals surface area (Å²) in [5.41, 5.74) is -3.30. The van der Waals surface area contributed by atoms with E-state index in [4.69, 9.17) is 33.1 Å². The Bertz CT molecular complexity index is 1350. The number of alkyl halides is 6. The fraction of sp³-hybridized carbons (Fsp3) is 0.423. The molecule has 41 heavy (non-hydrogen) atoms. The van der Waals surface area contributed by atoms with Crippen LogP contribution in [0.4, 0.5) is 30.7 Å². The van der Waals surface area contributed by atoms with Crippen LogP contribution in [0.2, 0.25) is 10.0 Å². The summed E-state index contributed by atoms with van der Waals surface area (Å²) in [6, 6.07) is 6.48. The maximum atomic E-state index is 15.3. The number of carboxylic acids is 2. The number of hydrogen-bond donors (Lipinski definition) is 3. The summed E-state index contributed by atoms with van der Waals surface area (Å²) in [7, 11) is 0. The van der Waals surface area contributed by atoms with Crippen molar-refractivity contribution in [2.45, 2.75) is 63.0 Å². The molecule has 15 heteroatoms. The van der Waals surface area contributed by atoms with Crippen molar-refractivity contribution in [3.05, 3.63) is 69.0 Å². The molecule has 2 aromatic rings. The molecule has 1 aliphatic rings. The lowest BCUT2D eigenvalue weighted by Crippen LogP contribution is -2.44. The highest BCUT2D eigenvalue weighted by Crippen LogP contribution is 2.52. The molecule has 1 heterocycles. The maximum Gasteiger partial charge on any atom is 0.490 e. The molecule has 0 aromatic heterocycles. The van der Waals surface area contributed by atoms with Crippen molar-refractivity contribution in [1.82, 2.24) is 5.32 Å². The van der Waals surface area contributed by atoms with E-state index >= 15 is 4.39 Å². The van der Waals surface area contributed by atoms with Gasteiger partial charge in [-0.2, -0.15) is 31.6 Å². The lowest BCUT2D eigenvalue weighted by Gasteiger charge is -2.37. The normalized spacial score (nSPS) is 22.9. The number of nitrogens with zero attached hydrogens (tertiary/aromatic N) is 1. The molecule has 1 fully saturated rings. The average Bonchev–Trinajstić information content (AvgIpc) is 3.11. The van der Waals surface area contributed by atoms with Crippen LogP contribution in [-0.2, 0) is 21.2 Å². The molecule has 2 aromatic carbocycles. The Morgan fingerprint density at radius 3 is 1.98 bits per heavy atom. The summed E-state index contributed by atoms with van der Waals surface area (Å²) in [6.07, 6.45) is -9.53. The Balaban J connectivity index is 0.000000745. The zero-order chi connectivity index (χ0) is 31.7. The fourth-order valence-electron chi connectivity index (χ4n) is 4.77. The third-order valence-corrected chi connectivity index (χ3v) is 6.85. The number of nitriles is 1. The quantitative estimate of drug-likeness (QED) is 0.308. The monoisotopic (exact) mass is 630 g/mol. The van der Waals surface area contributed by atoms with Gasteiger partial charge in [0.25, 0.3) is 0 Å². The number of halogens is 9. The third-order valence-electron chi connectivity index (χ3n) is 6.30. The van der Waals surface area contributed by atoms with Gasteiger partial charge >= 0.3 is 24.3 Å². The molecule has 0 saturated carbocycles. The van der Waals surface area contributed by atoms with Gasteiger partial charge in [0.2, 0.25) is 0 Å². The molecule has 0 unspecified atom stereocenters. The SMILES string of the molecule is CC(C)(C)C[C@@H]1N[C@@H](C(=O)O)[C@H](c2ccc(C(F)(F)F)c(Cl)c2)[C@@]1(C#N)c1ccc(Cl)cc1F.O=C(O)C(F)(F)F. The fourth-order valence-corrected chi connectivity index (χ4v) is 5.22. The first-order chi connectivity index (χ1) is 18.6. The van der Waals surface area contributed by atoms with Crippen LogP contribution in [-0.4, -0.2) is 40.4 Å². The smallest absolute Gasteiger partial charge is 0.480 e. The number of benzene rings is 2. The lowest BCUT2D eigenvalue weighted by molar-refractivity contribution is -0.192. The Morgan fingerprint density at radius 1 is 1.02 bits per heavy atom. The number of aliphatic carboxylic acids is 2. The van der Waals surface area contributed by atoms with Gasteiger partial charge in [-0.3, -0.25) is 10.1 Å². The van der Waals surface area contributed by atoms with E-state index in [1.165, 1.54) is 12.1 Å². The Labute approximate surface area is 239 Å². The second-order valence-electron chi connectivity index (χ2n) is 10.4. The van der Waals surface area contributed by atoms with Gasteiger partial charge in [0, 0.05) is 22.5 Å². The van der Waals surface area contributed by atoms with Crippen molar-refractivity contribution in [3.63, 3.8) is 0 Å². The molecule has 0 amide bonds. The summed E-state index contributed by atoms with van der Waals surface area (Å²) in [5, 5.41) is 30.0. The van der Waals surface area contributed by atoms with Gasteiger partial charge in [-0.25, -0.2) is 9.18 Å². The zero-order valence-electron chi connectivity index (χ0n) is 21.5. The standard InChI is InChI=1S/C24H22Cl2F4N2O2.C2HF3O2/c1-22(2,3)10-18-23(11-31,15-7-5-13(25)9-17(15)27)19(20(32-18)21(33)34)12-4-6-14(16(26)8-12)24(28,29)30;3-2(4,5)1(6)7/h4-9,18-20,32H,10H2,1-3H3,(H,33,34);(H,6,7)/t18-,19-,20+,23-;/m0./s1. The van der Waals surface area contributed by atoms with Crippen LogP contribution in [0.1, 0.15) is 49.8 Å². The van der Waals surface area contributed by atoms with Crippen molar-refractivity contribution < 1.29 is 50.5 Å². The van der Waals surface area contributed by atoms with Crippen molar-refractivity contribution in [2.75, 3.05) is 0 Å². The summed E-state index contributed by atoms with van der Waals surface area (Å²) < 4.78 is 86.8. The zero-order valence-corrected chi connectivity index (χ0v) is 23.0. The summed E-state index contributed by atoms with van der Waals surface area (Å²) in [5.74, 6) is -6.15. The highest BCUT2D eigenvalue weighted by molar-refractivity contribution is 6.31. The molecule has 0 bridgehead atoms. The molecule has 6 nitrogen and oxygen atoms in total. The van der Waals surface area contributed by atoms with Crippen molar-refractivity contribution >= 4 is 35.1 Å². The van der Waals surface area contributed by atoms with E-state index in [0.29, 0.717) is 0 Å². The van der Waals surface area contributed by atoms with E-state index < -0.39 is 69.5 Å².